The summed E-state index contributed by atoms with van der Waals surface area (Å²) in [6, 6.07) is 16.3. The Morgan fingerprint density at radius 2 is 1.60 bits per heavy atom. The van der Waals surface area contributed by atoms with Gasteiger partial charge in [-0.1, -0.05) is 37.1 Å². The van der Waals surface area contributed by atoms with E-state index in [1.165, 1.54) is 12.0 Å². The van der Waals surface area contributed by atoms with E-state index < -0.39 is 0 Å². The molecule has 0 saturated heterocycles. The number of rotatable bonds is 5. The number of nitrogens with one attached hydrogen (secondary N) is 1. The number of benzene rings is 2. The summed E-state index contributed by atoms with van der Waals surface area (Å²) in [4.78, 5) is 10.7. The SMILES string of the molecule is [CH2-]C(=O)Nc1c(C)cccc1C.[CH2-]CCC[CH-]c1ccccc1.[CH3-].[Li+]. The molecule has 2 rings (SSSR count). The molecule has 2 aromatic carbocycles. The maximum absolute atomic E-state index is 10.7. The van der Waals surface area contributed by atoms with Gasteiger partial charge in [0.2, 0.25) is 0 Å². The van der Waals surface area contributed by atoms with Crippen molar-refractivity contribution in [3.05, 3.63) is 92.9 Å². The van der Waals surface area contributed by atoms with Crippen molar-refractivity contribution < 1.29 is 23.7 Å². The number of carbonyl (C=O) groups excluding carboxylic acids is 1. The fourth-order valence-corrected chi connectivity index (χ4v) is 2.15. The summed E-state index contributed by atoms with van der Waals surface area (Å²) in [6.45, 7) is 11.0. The number of hydrogen-bond acceptors (Lipinski definition) is 1. The minimum atomic E-state index is -0.271. The van der Waals surface area contributed by atoms with Gasteiger partial charge in [0.05, 0.1) is 5.91 Å². The number of unbranched alkanes of at least 4 members (excludes halogenated alkanes) is 2. The van der Waals surface area contributed by atoms with E-state index in [-0.39, 0.29) is 32.2 Å². The molecular weight excluding hydrogens is 301 g/mol. The van der Waals surface area contributed by atoms with Crippen LogP contribution in [0.15, 0.2) is 48.5 Å². The fraction of sp³-hybridized carbons (Fsp3) is 0.227. The van der Waals surface area contributed by atoms with Crippen LogP contribution in [0.1, 0.15) is 36.0 Å². The summed E-state index contributed by atoms with van der Waals surface area (Å²) in [5, 5.41) is 2.69. The van der Waals surface area contributed by atoms with Gasteiger partial charge < -0.3 is 31.4 Å². The molecule has 1 amide bonds. The Labute approximate surface area is 166 Å². The van der Waals surface area contributed by atoms with Gasteiger partial charge in [0.15, 0.2) is 0 Å². The predicted octanol–water partition coefficient (Wildman–Crippen LogP) is 2.77. The standard InChI is InChI=1S/C11H14.C10H12NO.CH3.Li/c1-2-3-5-8-11-9-6-4-7-10-11;1-7-5-4-6-8(2)10(7)11-9(3)12;;/h4,6-10H,1-3,5H2;4-6H,3H2,1-2H3,(H,11,12);1H3;/q-2;2*-1;+1. The molecule has 0 unspecified atom stereocenters. The van der Waals surface area contributed by atoms with Crippen LogP contribution < -0.4 is 24.2 Å². The third kappa shape index (κ3) is 10.7. The van der Waals surface area contributed by atoms with Crippen LogP contribution in [0, 0.1) is 41.5 Å². The fourth-order valence-electron chi connectivity index (χ4n) is 2.15. The largest absolute Gasteiger partial charge is 1.00 e. The van der Waals surface area contributed by atoms with Gasteiger partial charge in [0, 0.05) is 5.69 Å². The first-order valence-corrected chi connectivity index (χ1v) is 7.91. The predicted molar refractivity (Wildman–Crippen MR) is 105 cm³/mol. The molecule has 0 radical (unpaired) electrons. The molecule has 25 heavy (non-hydrogen) atoms. The van der Waals surface area contributed by atoms with E-state index in [2.05, 4.69) is 49.9 Å². The topological polar surface area (TPSA) is 29.1 Å². The number of aryl methyl sites for hydroxylation is 2. The van der Waals surface area contributed by atoms with Gasteiger partial charge in [0.25, 0.3) is 0 Å². The van der Waals surface area contributed by atoms with E-state index in [0.29, 0.717) is 0 Å². The van der Waals surface area contributed by atoms with Gasteiger partial charge in [-0.3, -0.25) is 0 Å². The Hall–Kier alpha value is -1.75. The average Bonchev–Trinajstić information content (AvgIpc) is 2.53. The number of anilines is 1. The molecule has 0 aromatic heterocycles. The van der Waals surface area contributed by atoms with Crippen LogP contribution in [0.5, 0.6) is 0 Å². The van der Waals surface area contributed by atoms with E-state index in [1.807, 2.05) is 38.1 Å². The molecule has 0 heterocycles. The van der Waals surface area contributed by atoms with E-state index in [9.17, 15) is 4.79 Å². The smallest absolute Gasteiger partial charge is 0.358 e. The first kappa shape index (κ1) is 25.5. The molecule has 0 aliphatic rings. The first-order valence-electron chi connectivity index (χ1n) is 7.91. The van der Waals surface area contributed by atoms with Crippen LogP contribution in [0.2, 0.25) is 0 Å². The Bertz CT molecular complexity index is 576. The second-order valence-corrected chi connectivity index (χ2v) is 5.43. The average molecular weight is 330 g/mol. The third-order valence-electron chi connectivity index (χ3n) is 3.38. The van der Waals surface area contributed by atoms with Crippen LogP contribution in [0.3, 0.4) is 0 Å². The van der Waals surface area contributed by atoms with Gasteiger partial charge in [0.1, 0.15) is 0 Å². The summed E-state index contributed by atoms with van der Waals surface area (Å²) in [5.41, 5.74) is 4.32. The van der Waals surface area contributed by atoms with Crippen LogP contribution in [0.25, 0.3) is 0 Å². The zero-order valence-electron chi connectivity index (χ0n) is 16.1. The maximum atomic E-state index is 10.7. The van der Waals surface area contributed by atoms with Gasteiger partial charge in [-0.25, -0.2) is 0 Å². The van der Waals surface area contributed by atoms with Crippen molar-refractivity contribution in [2.75, 3.05) is 5.32 Å². The monoisotopic (exact) mass is 330 g/mol. The minimum Gasteiger partial charge on any atom is -0.358 e. The molecule has 0 aliphatic heterocycles. The van der Waals surface area contributed by atoms with Gasteiger partial charge in [-0.05, 0) is 25.0 Å². The van der Waals surface area contributed by atoms with Gasteiger partial charge in [-0.2, -0.15) is 30.5 Å². The molecule has 2 aromatic rings. The quantitative estimate of drug-likeness (QED) is 0.510. The van der Waals surface area contributed by atoms with Gasteiger partial charge >= 0.3 is 18.9 Å². The summed E-state index contributed by atoms with van der Waals surface area (Å²) < 4.78 is 0. The molecule has 3 heteroatoms. The Balaban J connectivity index is 0. The normalized spacial score (nSPS) is 8.76. The van der Waals surface area contributed by atoms with Crippen LogP contribution in [0.4, 0.5) is 5.69 Å². The van der Waals surface area contributed by atoms with Crippen molar-refractivity contribution in [2.24, 2.45) is 0 Å². The molecule has 132 valence electrons. The third-order valence-corrected chi connectivity index (χ3v) is 3.38. The van der Waals surface area contributed by atoms with Crippen molar-refractivity contribution in [3.63, 3.8) is 0 Å². The molecule has 2 nitrogen and oxygen atoms in total. The zero-order valence-corrected chi connectivity index (χ0v) is 16.1. The van der Waals surface area contributed by atoms with E-state index in [4.69, 9.17) is 0 Å². The van der Waals surface area contributed by atoms with E-state index in [0.717, 1.165) is 29.7 Å². The number of carbonyl (C=O) groups is 1. The number of hydrogen-bond donors (Lipinski definition) is 1. The second kappa shape index (κ2) is 14.6. The van der Waals surface area contributed by atoms with Crippen molar-refractivity contribution in [2.45, 2.75) is 33.1 Å². The van der Waals surface area contributed by atoms with Crippen molar-refractivity contribution in [1.29, 1.82) is 0 Å². The zero-order chi connectivity index (χ0) is 17.1. The molecular formula is C22H29LiNO-3. The van der Waals surface area contributed by atoms with Gasteiger partial charge in [-0.15, -0.1) is 12.1 Å². The molecule has 0 spiro atoms. The maximum Gasteiger partial charge on any atom is 1.00 e. The Kier molecular flexibility index (Phi) is 14.9. The summed E-state index contributed by atoms with van der Waals surface area (Å²) in [6.07, 6.45) is 5.62. The van der Waals surface area contributed by atoms with Crippen LogP contribution >= 0.6 is 0 Å². The van der Waals surface area contributed by atoms with Crippen molar-refractivity contribution in [3.8, 4) is 0 Å². The molecule has 0 bridgehead atoms. The first-order chi connectivity index (χ1) is 11.0. The summed E-state index contributed by atoms with van der Waals surface area (Å²) in [7, 11) is 0. The van der Waals surface area contributed by atoms with Crippen molar-refractivity contribution in [1.82, 2.24) is 0 Å². The molecule has 0 fully saturated rings. The number of para-hydroxylation sites is 1. The van der Waals surface area contributed by atoms with Crippen LogP contribution in [-0.2, 0) is 4.79 Å². The molecule has 0 aliphatic carbocycles. The molecule has 0 saturated carbocycles. The second-order valence-electron chi connectivity index (χ2n) is 5.43. The summed E-state index contributed by atoms with van der Waals surface area (Å²) in [5.74, 6) is -0.271. The van der Waals surface area contributed by atoms with Crippen LogP contribution in [-0.4, -0.2) is 5.91 Å². The van der Waals surface area contributed by atoms with Crippen molar-refractivity contribution >= 4 is 11.6 Å². The number of amides is 1. The Morgan fingerprint density at radius 1 is 1.04 bits per heavy atom. The van der Waals surface area contributed by atoms with E-state index >= 15 is 0 Å². The Morgan fingerprint density at radius 3 is 2.08 bits per heavy atom. The molecule has 0 atom stereocenters. The molecule has 1 N–H and O–H groups in total. The van der Waals surface area contributed by atoms with E-state index in [1.54, 1.807) is 0 Å². The summed E-state index contributed by atoms with van der Waals surface area (Å²) >= 11 is 0. The minimum absolute atomic E-state index is 0.